The lowest BCUT2D eigenvalue weighted by molar-refractivity contribution is 0.148. The molecule has 0 aliphatic rings. The molecule has 9 nitrogen and oxygen atoms in total. The van der Waals surface area contributed by atoms with Crippen molar-refractivity contribution in [2.24, 2.45) is 4.99 Å². The first-order valence-corrected chi connectivity index (χ1v) is 7.54. The van der Waals surface area contributed by atoms with Crippen LogP contribution in [0.2, 0.25) is 0 Å². The Morgan fingerprint density at radius 2 is 2.08 bits per heavy atom. The fourth-order valence-electron chi connectivity index (χ4n) is 2.24. The average molecular weight is 342 g/mol. The van der Waals surface area contributed by atoms with Crippen LogP contribution in [0.5, 0.6) is 11.5 Å². The monoisotopic (exact) mass is 342 g/mol. The maximum Gasteiger partial charge on any atom is 0.272 e. The molecule has 1 aromatic carbocycles. The van der Waals surface area contributed by atoms with Crippen molar-refractivity contribution >= 4 is 18.1 Å². The van der Waals surface area contributed by atoms with Gasteiger partial charge in [0.1, 0.15) is 23.9 Å². The van der Waals surface area contributed by atoms with Crippen LogP contribution in [0, 0.1) is 0 Å². The molecule has 130 valence electrons. The van der Waals surface area contributed by atoms with Crippen molar-refractivity contribution in [1.82, 2.24) is 25.1 Å². The molecule has 0 spiro atoms. The maximum atomic E-state index is 5.99. The quantitative estimate of drug-likeness (QED) is 0.399. The summed E-state index contributed by atoms with van der Waals surface area (Å²) in [5, 5.41) is 4.33. The van der Waals surface area contributed by atoms with Gasteiger partial charge in [0.05, 0.1) is 19.9 Å². The predicted octanol–water partition coefficient (Wildman–Crippen LogP) is 2.08. The first kappa shape index (κ1) is 16.7. The van der Waals surface area contributed by atoms with Crippen molar-refractivity contribution < 1.29 is 14.3 Å². The summed E-state index contributed by atoms with van der Waals surface area (Å²) in [7, 11) is 3.10. The van der Waals surface area contributed by atoms with Crippen LogP contribution < -0.4 is 15.0 Å². The second-order valence-electron chi connectivity index (χ2n) is 5.01. The number of rotatable bonds is 7. The van der Waals surface area contributed by atoms with Gasteiger partial charge < -0.3 is 9.47 Å². The Hall–Kier alpha value is -3.20. The van der Waals surface area contributed by atoms with Crippen LogP contribution in [0.4, 0.5) is 5.95 Å². The van der Waals surface area contributed by atoms with Crippen molar-refractivity contribution in [2.75, 3.05) is 14.2 Å². The Morgan fingerprint density at radius 3 is 2.88 bits per heavy atom. The number of hydroxylamine groups is 1. The van der Waals surface area contributed by atoms with E-state index in [2.05, 4.69) is 30.4 Å². The minimum atomic E-state index is -0.284. The number of benzene rings is 1. The molecule has 0 fully saturated rings. The molecule has 1 unspecified atom stereocenters. The Bertz CT molecular complexity index is 879. The number of nitrogens with zero attached hydrogens (tertiary/aromatic N) is 5. The zero-order valence-corrected chi connectivity index (χ0v) is 14.1. The molecule has 0 saturated carbocycles. The summed E-state index contributed by atoms with van der Waals surface area (Å²) < 4.78 is 12.8. The molecule has 2 aromatic heterocycles. The molecule has 0 saturated heterocycles. The summed E-state index contributed by atoms with van der Waals surface area (Å²) >= 11 is 0. The summed E-state index contributed by atoms with van der Waals surface area (Å²) in [5.74, 6) is 2.12. The number of aliphatic imine (C=N–C) groups is 1. The lowest BCUT2D eigenvalue weighted by atomic mass is 10.2. The molecule has 1 atom stereocenters. The van der Waals surface area contributed by atoms with Gasteiger partial charge in [0.2, 0.25) is 0 Å². The minimum absolute atomic E-state index is 0.262. The summed E-state index contributed by atoms with van der Waals surface area (Å²) in [6, 6.07) is 9.24. The smallest absolute Gasteiger partial charge is 0.272 e. The molecule has 0 amide bonds. The van der Waals surface area contributed by atoms with Gasteiger partial charge in [-0.05, 0) is 25.1 Å². The van der Waals surface area contributed by atoms with E-state index in [4.69, 9.17) is 9.47 Å². The standard InChI is InChI=1S/C16H18N6O3/c1-11(25-13-6-4-5-12(9-13)23-2)14-7-8-17-16-20-15(21-22(14)16)18-10-19-24-3/h4-11H,1-3H3,(H,18,19,21). The summed E-state index contributed by atoms with van der Waals surface area (Å²) in [4.78, 5) is 17.1. The number of hydrogen-bond donors (Lipinski definition) is 1. The fraction of sp³-hybridized carbons (Fsp3) is 0.250. The molecule has 9 heteroatoms. The van der Waals surface area contributed by atoms with Gasteiger partial charge in [0, 0.05) is 12.3 Å². The van der Waals surface area contributed by atoms with Gasteiger partial charge in [-0.15, -0.1) is 5.10 Å². The molecule has 25 heavy (non-hydrogen) atoms. The lowest BCUT2D eigenvalue weighted by Crippen LogP contribution is -2.10. The minimum Gasteiger partial charge on any atom is -0.497 e. The number of nitrogens with one attached hydrogen (secondary N) is 1. The van der Waals surface area contributed by atoms with E-state index >= 15 is 0 Å². The lowest BCUT2D eigenvalue weighted by Gasteiger charge is -2.15. The molecule has 0 radical (unpaired) electrons. The van der Waals surface area contributed by atoms with Gasteiger partial charge in [-0.2, -0.15) is 14.5 Å². The van der Waals surface area contributed by atoms with Gasteiger partial charge >= 0.3 is 0 Å². The van der Waals surface area contributed by atoms with Crippen molar-refractivity contribution in [2.45, 2.75) is 13.0 Å². The summed E-state index contributed by atoms with van der Waals surface area (Å²) in [6.45, 7) is 1.92. The van der Waals surface area contributed by atoms with Gasteiger partial charge in [-0.3, -0.25) is 10.3 Å². The zero-order valence-electron chi connectivity index (χ0n) is 14.1. The van der Waals surface area contributed by atoms with E-state index in [1.54, 1.807) is 17.8 Å². The first-order chi connectivity index (χ1) is 12.2. The van der Waals surface area contributed by atoms with Gasteiger partial charge in [0.25, 0.3) is 11.7 Å². The second-order valence-corrected chi connectivity index (χ2v) is 5.01. The van der Waals surface area contributed by atoms with Crippen LogP contribution in [0.3, 0.4) is 0 Å². The van der Waals surface area contributed by atoms with E-state index < -0.39 is 0 Å². The van der Waals surface area contributed by atoms with Gasteiger partial charge in [-0.25, -0.2) is 4.98 Å². The summed E-state index contributed by atoms with van der Waals surface area (Å²) in [6.07, 6.45) is 2.73. The Kier molecular flexibility index (Phi) is 5.05. The topological polar surface area (TPSA) is 95.2 Å². The number of methoxy groups -OCH3 is 1. The van der Waals surface area contributed by atoms with Crippen molar-refractivity contribution in [1.29, 1.82) is 0 Å². The number of hydrogen-bond acceptors (Lipinski definition) is 7. The van der Waals surface area contributed by atoms with Gasteiger partial charge in [0.15, 0.2) is 0 Å². The third-order valence-corrected chi connectivity index (χ3v) is 3.38. The largest absolute Gasteiger partial charge is 0.497 e. The van der Waals surface area contributed by atoms with E-state index in [-0.39, 0.29) is 12.1 Å². The zero-order chi connectivity index (χ0) is 17.6. The molecule has 1 N–H and O–H groups in total. The highest BCUT2D eigenvalue weighted by atomic mass is 16.6. The van der Waals surface area contributed by atoms with E-state index in [1.807, 2.05) is 37.3 Å². The highest BCUT2D eigenvalue weighted by molar-refractivity contribution is 5.57. The molecule has 0 aliphatic carbocycles. The summed E-state index contributed by atoms with van der Waals surface area (Å²) in [5.41, 5.74) is 3.28. The molecule has 2 heterocycles. The van der Waals surface area contributed by atoms with Crippen LogP contribution in [0.1, 0.15) is 18.7 Å². The molecule has 3 aromatic rings. The van der Waals surface area contributed by atoms with Crippen LogP contribution in [0.25, 0.3) is 5.78 Å². The second kappa shape index (κ2) is 7.58. The van der Waals surface area contributed by atoms with Crippen molar-refractivity contribution in [3.05, 3.63) is 42.2 Å². The van der Waals surface area contributed by atoms with E-state index in [0.29, 0.717) is 11.5 Å². The molecular formula is C16H18N6O3. The van der Waals surface area contributed by atoms with Crippen molar-refractivity contribution in [3.63, 3.8) is 0 Å². The van der Waals surface area contributed by atoms with E-state index in [1.165, 1.54) is 13.4 Å². The molecule has 3 rings (SSSR count). The highest BCUT2D eigenvalue weighted by Gasteiger charge is 2.15. The van der Waals surface area contributed by atoms with Crippen LogP contribution in [0.15, 0.2) is 41.5 Å². The highest BCUT2D eigenvalue weighted by Crippen LogP contribution is 2.25. The SMILES string of the molecule is CONC=Nc1nc2nccc(C(C)Oc3cccc(OC)c3)n2n1. The number of fused-ring (bicyclic) bond motifs is 1. The Labute approximate surface area is 144 Å². The number of ether oxygens (including phenoxy) is 2. The molecular weight excluding hydrogens is 324 g/mol. The third kappa shape index (κ3) is 3.83. The Morgan fingerprint density at radius 1 is 1.24 bits per heavy atom. The van der Waals surface area contributed by atoms with Crippen molar-refractivity contribution in [3.8, 4) is 11.5 Å². The average Bonchev–Trinajstić information content (AvgIpc) is 3.04. The van der Waals surface area contributed by atoms with Gasteiger partial charge in [-0.1, -0.05) is 6.07 Å². The van der Waals surface area contributed by atoms with E-state index in [9.17, 15) is 0 Å². The Balaban J connectivity index is 1.86. The third-order valence-electron chi connectivity index (χ3n) is 3.38. The predicted molar refractivity (Wildman–Crippen MR) is 91.1 cm³/mol. The van der Waals surface area contributed by atoms with Crippen LogP contribution in [-0.4, -0.2) is 40.1 Å². The molecule has 0 aliphatic heterocycles. The molecule has 0 bridgehead atoms. The first-order valence-electron chi connectivity index (χ1n) is 7.54. The normalized spacial score (nSPS) is 12.4. The number of aromatic nitrogens is 4. The van der Waals surface area contributed by atoms with Crippen LogP contribution in [-0.2, 0) is 4.84 Å². The van der Waals surface area contributed by atoms with Crippen LogP contribution >= 0.6 is 0 Å². The maximum absolute atomic E-state index is 5.99. The van der Waals surface area contributed by atoms with E-state index in [0.717, 1.165) is 11.4 Å². The fourth-order valence-corrected chi connectivity index (χ4v) is 2.24.